The van der Waals surface area contributed by atoms with Crippen LogP contribution in [0.2, 0.25) is 0 Å². The van der Waals surface area contributed by atoms with Gasteiger partial charge in [0.1, 0.15) is 0 Å². The molecule has 0 radical (unpaired) electrons. The zero-order valence-corrected chi connectivity index (χ0v) is 9.51. The summed E-state index contributed by atoms with van der Waals surface area (Å²) in [6, 6.07) is 4.32. The van der Waals surface area contributed by atoms with E-state index in [1.54, 1.807) is 0 Å². The van der Waals surface area contributed by atoms with Gasteiger partial charge in [-0.05, 0) is 37.1 Å². The summed E-state index contributed by atoms with van der Waals surface area (Å²) in [5, 5.41) is 3.35. The Hall–Kier alpha value is -1.22. The van der Waals surface area contributed by atoms with Crippen molar-refractivity contribution in [2.24, 2.45) is 0 Å². The number of nitrogens with one attached hydrogen (secondary N) is 1. The molecule has 0 spiro atoms. The summed E-state index contributed by atoms with van der Waals surface area (Å²) in [4.78, 5) is 2.39. The predicted octanol–water partition coefficient (Wildman–Crippen LogP) is 1.30. The molecule has 3 nitrogen and oxygen atoms in total. The Morgan fingerprint density at radius 3 is 2.47 bits per heavy atom. The Labute approximate surface area is 91.3 Å². The van der Waals surface area contributed by atoms with Gasteiger partial charge in [-0.1, -0.05) is 0 Å². The third kappa shape index (κ3) is 2.07. The van der Waals surface area contributed by atoms with Gasteiger partial charge in [-0.2, -0.15) is 0 Å². The minimum atomic E-state index is 0.906. The average molecular weight is 205 g/mol. The predicted molar refractivity (Wildman–Crippen MR) is 65.4 cm³/mol. The van der Waals surface area contributed by atoms with Crippen molar-refractivity contribution in [3.8, 4) is 0 Å². The van der Waals surface area contributed by atoms with Crippen molar-refractivity contribution < 1.29 is 0 Å². The first-order chi connectivity index (χ1) is 7.18. The maximum atomic E-state index is 5.99. The SMILES string of the molecule is Cc1cc(N2CCNCC2)cc(N)c1C. The number of piperazine rings is 1. The van der Waals surface area contributed by atoms with E-state index in [1.165, 1.54) is 16.8 Å². The van der Waals surface area contributed by atoms with E-state index in [2.05, 4.69) is 36.2 Å². The monoisotopic (exact) mass is 205 g/mol. The second-order valence-electron chi connectivity index (χ2n) is 4.21. The lowest BCUT2D eigenvalue weighted by atomic mass is 10.1. The van der Waals surface area contributed by atoms with Crippen LogP contribution in [0.4, 0.5) is 11.4 Å². The van der Waals surface area contributed by atoms with Gasteiger partial charge in [-0.3, -0.25) is 0 Å². The van der Waals surface area contributed by atoms with Crippen molar-refractivity contribution in [2.45, 2.75) is 13.8 Å². The van der Waals surface area contributed by atoms with Gasteiger partial charge in [0, 0.05) is 37.6 Å². The lowest BCUT2D eigenvalue weighted by Crippen LogP contribution is -2.43. The van der Waals surface area contributed by atoms with E-state index in [-0.39, 0.29) is 0 Å². The first-order valence-electron chi connectivity index (χ1n) is 5.51. The molecule has 1 saturated heterocycles. The maximum Gasteiger partial charge on any atom is 0.0390 e. The molecule has 2 rings (SSSR count). The van der Waals surface area contributed by atoms with Gasteiger partial charge < -0.3 is 16.0 Å². The van der Waals surface area contributed by atoms with Gasteiger partial charge in [0.2, 0.25) is 0 Å². The topological polar surface area (TPSA) is 41.3 Å². The van der Waals surface area contributed by atoms with Crippen molar-refractivity contribution in [3.63, 3.8) is 0 Å². The molecule has 1 aromatic rings. The van der Waals surface area contributed by atoms with E-state index in [4.69, 9.17) is 5.73 Å². The highest BCUT2D eigenvalue weighted by Crippen LogP contribution is 2.24. The van der Waals surface area contributed by atoms with Crippen LogP contribution in [0.3, 0.4) is 0 Å². The number of nitrogens with two attached hydrogens (primary N) is 1. The summed E-state index contributed by atoms with van der Waals surface area (Å²) in [5.41, 5.74) is 10.6. The zero-order chi connectivity index (χ0) is 10.8. The second-order valence-corrected chi connectivity index (χ2v) is 4.21. The van der Waals surface area contributed by atoms with Crippen LogP contribution in [0.25, 0.3) is 0 Å². The highest BCUT2D eigenvalue weighted by Gasteiger charge is 2.11. The van der Waals surface area contributed by atoms with Gasteiger partial charge in [-0.25, -0.2) is 0 Å². The molecule has 3 N–H and O–H groups in total. The number of benzene rings is 1. The Kier molecular flexibility index (Phi) is 2.82. The van der Waals surface area contributed by atoms with Crippen LogP contribution >= 0.6 is 0 Å². The maximum absolute atomic E-state index is 5.99. The number of hydrogen-bond donors (Lipinski definition) is 2. The number of aryl methyl sites for hydroxylation is 1. The number of nitrogens with zero attached hydrogens (tertiary/aromatic N) is 1. The van der Waals surface area contributed by atoms with Crippen LogP contribution in [-0.4, -0.2) is 26.2 Å². The molecule has 3 heteroatoms. The van der Waals surface area contributed by atoms with E-state index in [9.17, 15) is 0 Å². The summed E-state index contributed by atoms with van der Waals surface area (Å²) in [5.74, 6) is 0. The van der Waals surface area contributed by atoms with Crippen molar-refractivity contribution in [1.82, 2.24) is 5.32 Å². The molecule has 1 aliphatic rings. The molecule has 0 amide bonds. The van der Waals surface area contributed by atoms with Crippen LogP contribution in [0.5, 0.6) is 0 Å². The summed E-state index contributed by atoms with van der Waals surface area (Å²) in [6.07, 6.45) is 0. The molecule has 0 aliphatic carbocycles. The fourth-order valence-corrected chi connectivity index (χ4v) is 1.97. The molecule has 82 valence electrons. The van der Waals surface area contributed by atoms with Gasteiger partial charge >= 0.3 is 0 Å². The fourth-order valence-electron chi connectivity index (χ4n) is 1.97. The molecular formula is C12H19N3. The number of anilines is 2. The number of nitrogen functional groups attached to an aromatic ring is 1. The van der Waals surface area contributed by atoms with Gasteiger partial charge in [-0.15, -0.1) is 0 Å². The summed E-state index contributed by atoms with van der Waals surface area (Å²) < 4.78 is 0. The standard InChI is InChI=1S/C12H19N3/c1-9-7-11(8-12(13)10(9)2)15-5-3-14-4-6-15/h7-8,14H,3-6,13H2,1-2H3. The minimum Gasteiger partial charge on any atom is -0.398 e. The minimum absolute atomic E-state index is 0.906. The van der Waals surface area contributed by atoms with Crippen LogP contribution in [0, 0.1) is 13.8 Å². The first kappa shape index (κ1) is 10.3. The van der Waals surface area contributed by atoms with E-state index in [0.717, 1.165) is 31.9 Å². The third-order valence-electron chi connectivity index (χ3n) is 3.17. The van der Waals surface area contributed by atoms with E-state index < -0.39 is 0 Å². The van der Waals surface area contributed by atoms with E-state index in [1.807, 2.05) is 0 Å². The normalized spacial score (nSPS) is 16.8. The van der Waals surface area contributed by atoms with Crippen molar-refractivity contribution in [3.05, 3.63) is 23.3 Å². The third-order valence-corrected chi connectivity index (χ3v) is 3.17. The van der Waals surface area contributed by atoms with Crippen LogP contribution in [-0.2, 0) is 0 Å². The smallest absolute Gasteiger partial charge is 0.0390 e. The van der Waals surface area contributed by atoms with Crippen molar-refractivity contribution in [1.29, 1.82) is 0 Å². The molecule has 15 heavy (non-hydrogen) atoms. The number of rotatable bonds is 1. The highest BCUT2D eigenvalue weighted by atomic mass is 15.2. The first-order valence-corrected chi connectivity index (χ1v) is 5.51. The fraction of sp³-hybridized carbons (Fsp3) is 0.500. The van der Waals surface area contributed by atoms with Crippen LogP contribution in [0.15, 0.2) is 12.1 Å². The Morgan fingerprint density at radius 1 is 1.20 bits per heavy atom. The molecule has 1 aliphatic heterocycles. The zero-order valence-electron chi connectivity index (χ0n) is 9.51. The molecule has 1 aromatic carbocycles. The van der Waals surface area contributed by atoms with Crippen LogP contribution in [0.1, 0.15) is 11.1 Å². The Balaban J connectivity index is 2.27. The molecular weight excluding hydrogens is 186 g/mol. The van der Waals surface area contributed by atoms with Gasteiger partial charge in [0.15, 0.2) is 0 Å². The molecule has 0 unspecified atom stereocenters. The molecule has 0 atom stereocenters. The Morgan fingerprint density at radius 2 is 1.87 bits per heavy atom. The van der Waals surface area contributed by atoms with E-state index in [0.29, 0.717) is 0 Å². The molecule has 0 bridgehead atoms. The van der Waals surface area contributed by atoms with Crippen LogP contribution < -0.4 is 16.0 Å². The number of hydrogen-bond acceptors (Lipinski definition) is 3. The summed E-state index contributed by atoms with van der Waals surface area (Å²) in [7, 11) is 0. The molecule has 1 fully saturated rings. The lowest BCUT2D eigenvalue weighted by Gasteiger charge is -2.30. The molecule has 1 heterocycles. The quantitative estimate of drug-likeness (QED) is 0.679. The van der Waals surface area contributed by atoms with Gasteiger partial charge in [0.25, 0.3) is 0 Å². The Bertz CT molecular complexity index is 331. The summed E-state index contributed by atoms with van der Waals surface area (Å²) in [6.45, 7) is 8.47. The molecule has 0 aromatic heterocycles. The van der Waals surface area contributed by atoms with Crippen molar-refractivity contribution >= 4 is 11.4 Å². The average Bonchev–Trinajstić information content (AvgIpc) is 2.26. The van der Waals surface area contributed by atoms with Gasteiger partial charge in [0.05, 0.1) is 0 Å². The molecule has 0 saturated carbocycles. The second kappa shape index (κ2) is 4.11. The van der Waals surface area contributed by atoms with E-state index >= 15 is 0 Å². The lowest BCUT2D eigenvalue weighted by molar-refractivity contribution is 0.589. The largest absolute Gasteiger partial charge is 0.398 e. The summed E-state index contributed by atoms with van der Waals surface area (Å²) >= 11 is 0. The van der Waals surface area contributed by atoms with Crippen molar-refractivity contribution in [2.75, 3.05) is 36.8 Å². The highest BCUT2D eigenvalue weighted by molar-refractivity contribution is 5.62.